The zero-order valence-electron chi connectivity index (χ0n) is 5.59. The average molecular weight is 145 g/mol. The molecule has 0 bridgehead atoms. The molecule has 0 spiro atoms. The molecule has 0 rings (SSSR count). The van der Waals surface area contributed by atoms with E-state index in [-0.39, 0.29) is 12.3 Å². The molecule has 10 heavy (non-hydrogen) atoms. The molecule has 0 aliphatic carbocycles. The average Bonchev–Trinajstić information content (AvgIpc) is 1.82. The summed E-state index contributed by atoms with van der Waals surface area (Å²) in [7, 11) is 0. The fourth-order valence-corrected chi connectivity index (χ4v) is 0.432. The van der Waals surface area contributed by atoms with E-state index in [1.165, 1.54) is 0 Å². The standard InChI is InChI=1S/C5H11N3O2/c6-1-2-8-5(10)3-4(7)9/h1-3,6H2,(H2,7,9)(H,8,10). The zero-order valence-corrected chi connectivity index (χ0v) is 5.59. The van der Waals surface area contributed by atoms with Gasteiger partial charge in [-0.15, -0.1) is 0 Å². The van der Waals surface area contributed by atoms with E-state index in [1.807, 2.05) is 0 Å². The van der Waals surface area contributed by atoms with E-state index in [1.54, 1.807) is 0 Å². The third-order valence-corrected chi connectivity index (χ3v) is 0.801. The van der Waals surface area contributed by atoms with Crippen molar-refractivity contribution in [1.29, 1.82) is 0 Å². The molecule has 2 amide bonds. The highest BCUT2D eigenvalue weighted by Gasteiger charge is 2.02. The number of primary amides is 1. The maximum Gasteiger partial charge on any atom is 0.229 e. The summed E-state index contributed by atoms with van der Waals surface area (Å²) >= 11 is 0. The number of nitrogens with one attached hydrogen (secondary N) is 1. The first-order chi connectivity index (χ1) is 4.66. The first kappa shape index (κ1) is 8.90. The number of carbonyl (C=O) groups is 2. The molecule has 5 nitrogen and oxygen atoms in total. The summed E-state index contributed by atoms with van der Waals surface area (Å²) in [5.41, 5.74) is 9.81. The summed E-state index contributed by atoms with van der Waals surface area (Å²) in [5, 5.41) is 2.40. The molecule has 0 atom stereocenters. The van der Waals surface area contributed by atoms with Gasteiger partial charge in [0, 0.05) is 13.1 Å². The molecular formula is C5H11N3O2. The van der Waals surface area contributed by atoms with Crippen molar-refractivity contribution >= 4 is 11.8 Å². The Balaban J connectivity index is 3.35. The fourth-order valence-electron chi connectivity index (χ4n) is 0.432. The minimum atomic E-state index is -0.630. The quantitative estimate of drug-likeness (QED) is 0.396. The Morgan fingerprint density at radius 1 is 1.40 bits per heavy atom. The topological polar surface area (TPSA) is 98.2 Å². The molecule has 0 aromatic rings. The van der Waals surface area contributed by atoms with E-state index >= 15 is 0 Å². The molecule has 0 saturated heterocycles. The molecule has 0 saturated carbocycles. The maximum absolute atomic E-state index is 10.5. The lowest BCUT2D eigenvalue weighted by atomic mass is 10.4. The maximum atomic E-state index is 10.5. The Morgan fingerprint density at radius 2 is 2.00 bits per heavy atom. The van der Waals surface area contributed by atoms with Gasteiger partial charge >= 0.3 is 0 Å². The van der Waals surface area contributed by atoms with Gasteiger partial charge in [0.1, 0.15) is 6.42 Å². The second-order valence-corrected chi connectivity index (χ2v) is 1.78. The predicted molar refractivity (Wildman–Crippen MR) is 35.9 cm³/mol. The third-order valence-electron chi connectivity index (χ3n) is 0.801. The van der Waals surface area contributed by atoms with Crippen LogP contribution in [-0.4, -0.2) is 24.9 Å². The molecule has 0 aliphatic heterocycles. The fraction of sp³-hybridized carbons (Fsp3) is 0.600. The highest BCUT2D eigenvalue weighted by molar-refractivity contribution is 5.95. The number of hydrogen-bond donors (Lipinski definition) is 3. The van der Waals surface area contributed by atoms with Gasteiger partial charge in [-0.05, 0) is 0 Å². The van der Waals surface area contributed by atoms with E-state index in [9.17, 15) is 9.59 Å². The van der Waals surface area contributed by atoms with Gasteiger partial charge in [-0.1, -0.05) is 0 Å². The molecule has 0 aromatic heterocycles. The first-order valence-electron chi connectivity index (χ1n) is 2.92. The largest absolute Gasteiger partial charge is 0.369 e. The molecule has 0 heterocycles. The van der Waals surface area contributed by atoms with Gasteiger partial charge in [0.2, 0.25) is 11.8 Å². The normalized spacial score (nSPS) is 8.90. The minimum absolute atomic E-state index is 0.264. The Labute approximate surface area is 58.8 Å². The molecule has 0 radical (unpaired) electrons. The van der Waals surface area contributed by atoms with Gasteiger partial charge in [0.15, 0.2) is 0 Å². The van der Waals surface area contributed by atoms with Crippen LogP contribution in [0.3, 0.4) is 0 Å². The van der Waals surface area contributed by atoms with Crippen LogP contribution in [0, 0.1) is 0 Å². The van der Waals surface area contributed by atoms with Crippen molar-refractivity contribution in [3.05, 3.63) is 0 Å². The van der Waals surface area contributed by atoms with Gasteiger partial charge in [0.05, 0.1) is 0 Å². The van der Waals surface area contributed by atoms with E-state index < -0.39 is 5.91 Å². The number of amides is 2. The molecular weight excluding hydrogens is 134 g/mol. The molecule has 5 N–H and O–H groups in total. The summed E-state index contributed by atoms with van der Waals surface area (Å²) in [5.74, 6) is -1.01. The van der Waals surface area contributed by atoms with Crippen LogP contribution in [-0.2, 0) is 9.59 Å². The van der Waals surface area contributed by atoms with Crippen LogP contribution in [0.2, 0.25) is 0 Å². The molecule has 0 unspecified atom stereocenters. The zero-order chi connectivity index (χ0) is 7.98. The minimum Gasteiger partial charge on any atom is -0.369 e. The predicted octanol–water partition coefficient (Wildman–Crippen LogP) is -2.06. The molecule has 5 heteroatoms. The SMILES string of the molecule is NCCNC(=O)CC(N)=O. The summed E-state index contributed by atoms with van der Waals surface area (Å²) in [6, 6.07) is 0. The van der Waals surface area contributed by atoms with E-state index in [0.29, 0.717) is 13.1 Å². The Hall–Kier alpha value is -1.10. The Morgan fingerprint density at radius 3 is 2.40 bits per heavy atom. The van der Waals surface area contributed by atoms with Crippen molar-refractivity contribution in [3.8, 4) is 0 Å². The summed E-state index contributed by atoms with van der Waals surface area (Å²) in [4.78, 5) is 20.6. The molecule has 0 fully saturated rings. The van der Waals surface area contributed by atoms with Gasteiger partial charge in [-0.3, -0.25) is 9.59 Å². The lowest BCUT2D eigenvalue weighted by Gasteiger charge is -1.98. The van der Waals surface area contributed by atoms with Crippen LogP contribution in [0.5, 0.6) is 0 Å². The third kappa shape index (κ3) is 5.04. The first-order valence-corrected chi connectivity index (χ1v) is 2.92. The van der Waals surface area contributed by atoms with Gasteiger partial charge in [-0.2, -0.15) is 0 Å². The summed E-state index contributed by atoms with van der Waals surface area (Å²) < 4.78 is 0. The van der Waals surface area contributed by atoms with E-state index in [2.05, 4.69) is 5.32 Å². The number of rotatable bonds is 4. The second kappa shape index (κ2) is 4.75. The molecule has 58 valence electrons. The van der Waals surface area contributed by atoms with Crippen LogP contribution < -0.4 is 16.8 Å². The van der Waals surface area contributed by atoms with Gasteiger partial charge < -0.3 is 16.8 Å². The summed E-state index contributed by atoms with van der Waals surface area (Å²) in [6.45, 7) is 0.747. The number of hydrogen-bond acceptors (Lipinski definition) is 3. The van der Waals surface area contributed by atoms with Gasteiger partial charge in [0.25, 0.3) is 0 Å². The van der Waals surface area contributed by atoms with Crippen LogP contribution in [0.4, 0.5) is 0 Å². The van der Waals surface area contributed by atoms with Crippen molar-refractivity contribution in [2.24, 2.45) is 11.5 Å². The van der Waals surface area contributed by atoms with Crippen LogP contribution in [0.15, 0.2) is 0 Å². The van der Waals surface area contributed by atoms with Crippen LogP contribution in [0.1, 0.15) is 6.42 Å². The summed E-state index contributed by atoms with van der Waals surface area (Å²) in [6.07, 6.45) is -0.264. The molecule has 0 aliphatic rings. The highest BCUT2D eigenvalue weighted by atomic mass is 16.2. The van der Waals surface area contributed by atoms with Crippen LogP contribution in [0.25, 0.3) is 0 Å². The highest BCUT2D eigenvalue weighted by Crippen LogP contribution is 1.74. The monoisotopic (exact) mass is 145 g/mol. The number of carbonyl (C=O) groups excluding carboxylic acids is 2. The van der Waals surface area contributed by atoms with E-state index in [0.717, 1.165) is 0 Å². The lowest BCUT2D eigenvalue weighted by molar-refractivity contribution is -0.127. The molecule has 0 aromatic carbocycles. The smallest absolute Gasteiger partial charge is 0.229 e. The van der Waals surface area contributed by atoms with Crippen molar-refractivity contribution in [3.63, 3.8) is 0 Å². The van der Waals surface area contributed by atoms with Crippen LogP contribution >= 0.6 is 0 Å². The number of nitrogens with two attached hydrogens (primary N) is 2. The Kier molecular flexibility index (Phi) is 4.23. The Bertz CT molecular complexity index is 135. The van der Waals surface area contributed by atoms with Crippen molar-refractivity contribution < 1.29 is 9.59 Å². The van der Waals surface area contributed by atoms with Crippen molar-refractivity contribution in [2.45, 2.75) is 6.42 Å². The second-order valence-electron chi connectivity index (χ2n) is 1.78. The van der Waals surface area contributed by atoms with Crippen molar-refractivity contribution in [2.75, 3.05) is 13.1 Å². The lowest BCUT2D eigenvalue weighted by Crippen LogP contribution is -2.32. The van der Waals surface area contributed by atoms with Gasteiger partial charge in [-0.25, -0.2) is 0 Å². The van der Waals surface area contributed by atoms with E-state index in [4.69, 9.17) is 11.5 Å². The van der Waals surface area contributed by atoms with Crippen molar-refractivity contribution in [1.82, 2.24) is 5.32 Å².